The van der Waals surface area contributed by atoms with Crippen molar-refractivity contribution in [3.63, 3.8) is 0 Å². The molecule has 0 heterocycles. The molecule has 52 heavy (non-hydrogen) atoms. The molecule has 0 saturated carbocycles. The van der Waals surface area contributed by atoms with Crippen LogP contribution in [0, 0.1) is 0 Å². The molecule has 0 radical (unpaired) electrons. The molecular formula is C34H97N7O11. The zero-order chi connectivity index (χ0) is 45.9. The Balaban J connectivity index is -0.0000000149. The van der Waals surface area contributed by atoms with Crippen molar-refractivity contribution in [2.24, 2.45) is 17.2 Å². The fourth-order valence-corrected chi connectivity index (χ4v) is 0. The van der Waals surface area contributed by atoms with Crippen LogP contribution in [0.5, 0.6) is 0 Å². The molecule has 0 unspecified atom stereocenters. The average Bonchev–Trinajstić information content (AvgIpc) is 2.94. The lowest BCUT2D eigenvalue weighted by atomic mass is 10.6. The first-order valence-corrected chi connectivity index (χ1v) is 15.1. The van der Waals surface area contributed by atoms with Crippen LogP contribution >= 0.6 is 0 Å². The highest BCUT2D eigenvalue weighted by atomic mass is 16.4. The second-order valence-electron chi connectivity index (χ2n) is 6.80. The van der Waals surface area contributed by atoms with Crippen molar-refractivity contribution in [3.8, 4) is 0 Å². The van der Waals surface area contributed by atoms with Gasteiger partial charge in [-0.1, -0.05) is 42.5 Å². The Kier molecular flexibility index (Phi) is 501. The molecule has 0 amide bonds. The zero-order valence-corrected chi connectivity index (χ0v) is 36.9. The number of carboxylic acids is 4. The summed E-state index contributed by atoms with van der Waals surface area (Å²) in [5, 5.41) is 40.7. The number of hydrogen-bond acceptors (Lipinski definition) is 14. The van der Waals surface area contributed by atoms with Crippen LogP contribution in [0.15, 0.2) is 0 Å². The van der Waals surface area contributed by atoms with E-state index < -0.39 is 23.9 Å². The molecule has 0 fully saturated rings. The quantitative estimate of drug-likeness (QED) is 0.167. The van der Waals surface area contributed by atoms with E-state index in [1.165, 1.54) is 62.7 Å². The number of nitrogens with two attached hydrogens (primary N) is 3. The molecule has 0 aliphatic rings. The average molecular weight is 780 g/mol. The minimum atomic E-state index is -0.833. The molecule has 0 aromatic rings. The van der Waals surface area contributed by atoms with Gasteiger partial charge in [-0.2, -0.15) is 0 Å². The number of carbonyl (C=O) groups excluding carboxylic acids is 3. The first-order chi connectivity index (χ1) is 22.8. The number of nitrogens with one attached hydrogen (secondary N) is 4. The summed E-state index contributed by atoms with van der Waals surface area (Å²) in [4.78, 5) is 64.3. The minimum absolute atomic E-state index is 0. The first-order valence-electron chi connectivity index (χ1n) is 15.1. The Bertz CT molecular complexity index is 392. The minimum Gasteiger partial charge on any atom is -0.481 e. The lowest BCUT2D eigenvalue weighted by Gasteiger charge is -1.59. The molecular weight excluding hydrogens is 682 g/mol. The summed E-state index contributed by atoms with van der Waals surface area (Å²) in [5.74, 6) is -2.83. The van der Waals surface area contributed by atoms with Gasteiger partial charge >= 0.3 is 0 Å². The van der Waals surface area contributed by atoms with E-state index in [1.54, 1.807) is 0 Å². The molecule has 0 aliphatic heterocycles. The van der Waals surface area contributed by atoms with E-state index in [9.17, 15) is 14.4 Å². The van der Waals surface area contributed by atoms with E-state index in [0.29, 0.717) is 0 Å². The monoisotopic (exact) mass is 780 g/mol. The van der Waals surface area contributed by atoms with Crippen LogP contribution in [0.1, 0.15) is 112 Å². The van der Waals surface area contributed by atoms with Gasteiger partial charge in [-0.15, -0.1) is 0 Å². The number of hydrogen-bond donors (Lipinski definition) is 11. The molecule has 0 rings (SSSR count). The van der Waals surface area contributed by atoms with Crippen molar-refractivity contribution in [2.75, 3.05) is 77.5 Å². The molecule has 334 valence electrons. The summed E-state index contributed by atoms with van der Waals surface area (Å²) in [7, 11) is 19.5. The highest BCUT2D eigenvalue weighted by molar-refractivity contribution is 5.72. The highest BCUT2D eigenvalue weighted by Gasteiger charge is 1.67. The molecule has 0 atom stereocenters. The lowest BCUT2D eigenvalue weighted by molar-refractivity contribution is -0.135. The Labute approximate surface area is 322 Å². The molecule has 0 aliphatic carbocycles. The van der Waals surface area contributed by atoms with Crippen molar-refractivity contribution >= 4 is 41.2 Å². The van der Waals surface area contributed by atoms with Crippen molar-refractivity contribution in [1.82, 2.24) is 21.3 Å². The third-order valence-electron chi connectivity index (χ3n) is 0. The van der Waals surface area contributed by atoms with E-state index in [2.05, 4.69) is 38.5 Å². The van der Waals surface area contributed by atoms with Gasteiger partial charge in [0.15, 0.2) is 0 Å². The number of carboxylic acid groups (broad SMARTS) is 4. The molecule has 0 aromatic heterocycles. The van der Waals surface area contributed by atoms with Gasteiger partial charge in [-0.3, -0.25) is 19.2 Å². The molecule has 18 heteroatoms. The molecule has 0 saturated heterocycles. The summed E-state index contributed by atoms with van der Waals surface area (Å²) in [6.07, 6.45) is 0. The van der Waals surface area contributed by atoms with Crippen molar-refractivity contribution in [2.45, 2.75) is 112 Å². The second-order valence-corrected chi connectivity index (χ2v) is 6.80. The molecule has 14 N–H and O–H groups in total. The molecule has 18 nitrogen and oxygen atoms in total. The zero-order valence-electron chi connectivity index (χ0n) is 36.9. The molecule has 0 bridgehead atoms. The summed E-state index contributed by atoms with van der Waals surface area (Å²) in [6, 6.07) is 0. The summed E-state index contributed by atoms with van der Waals surface area (Å²) < 4.78 is 0. The third kappa shape index (κ3) is 8440. The largest absolute Gasteiger partial charge is 0.481 e. The molecule has 0 spiro atoms. The van der Waals surface area contributed by atoms with E-state index in [1.807, 2.05) is 84.1 Å². The molecule has 0 aromatic carbocycles. The summed E-state index contributed by atoms with van der Waals surface area (Å²) in [6.45, 7) is 21.5. The fraction of sp³-hybridized carbons (Fsp3) is 0.794. The van der Waals surface area contributed by atoms with Crippen LogP contribution in [0.25, 0.3) is 0 Å². The van der Waals surface area contributed by atoms with Gasteiger partial charge in [-0.25, -0.2) is 0 Å². The summed E-state index contributed by atoms with van der Waals surface area (Å²) >= 11 is 0. The van der Waals surface area contributed by atoms with Crippen molar-refractivity contribution in [1.29, 1.82) is 0 Å². The topological polar surface area (TPSA) is 327 Å². The van der Waals surface area contributed by atoms with Gasteiger partial charge < -0.3 is 73.3 Å². The van der Waals surface area contributed by atoms with E-state index in [-0.39, 0.29) is 32.2 Å². The Hall–Kier alpha value is -3.39. The highest BCUT2D eigenvalue weighted by Crippen LogP contribution is 1.51. The standard InChI is InChI=1S/3C3H6O.4C2H7N.4C2H4O2.2C2H6.3CH5N.2CH4/c3*1-3(2)4;4*1-3-2;4*1-2(3)4;5*1-2;;/h3*1-2H3;4*3H,1-2H3;4*1H3,(H,3,4);2*1-2H3;3*2H2,1H3;2*1H4. The number of aliphatic carboxylic acids is 4. The van der Waals surface area contributed by atoms with Crippen molar-refractivity contribution < 1.29 is 54.0 Å². The number of ketones is 3. The fourth-order valence-electron chi connectivity index (χ4n) is 0. The Morgan fingerprint density at radius 2 is 0.308 bits per heavy atom. The second kappa shape index (κ2) is 221. The van der Waals surface area contributed by atoms with Gasteiger partial charge in [-0.05, 0) is 119 Å². The number of carbonyl (C=O) groups is 7. The lowest BCUT2D eigenvalue weighted by Crippen LogP contribution is -1.89. The summed E-state index contributed by atoms with van der Waals surface area (Å²) in [5.41, 5.74) is 13.5. The third-order valence-corrected chi connectivity index (χ3v) is 0. The SMILES string of the molecule is C.C.CC.CC.CC(=O)O.CC(=O)O.CC(=O)O.CC(=O)O.CC(C)=O.CC(C)=O.CC(C)=O.CN.CN.CN.CNC.CNC.CNC.CNC. The van der Waals surface area contributed by atoms with Crippen LogP contribution in [0.4, 0.5) is 0 Å². The van der Waals surface area contributed by atoms with Crippen LogP contribution < -0.4 is 38.5 Å². The van der Waals surface area contributed by atoms with Crippen LogP contribution in [0.3, 0.4) is 0 Å². The maximum absolute atomic E-state index is 9.44. The van der Waals surface area contributed by atoms with Gasteiger partial charge in [0.1, 0.15) is 17.3 Å². The van der Waals surface area contributed by atoms with Crippen molar-refractivity contribution in [3.05, 3.63) is 0 Å². The number of Topliss-reactive ketones (excluding diaryl/α,β-unsaturated/α-hetero) is 3. The van der Waals surface area contributed by atoms with Gasteiger partial charge in [0.2, 0.25) is 0 Å². The van der Waals surface area contributed by atoms with Crippen LogP contribution in [0.2, 0.25) is 0 Å². The first kappa shape index (κ1) is 118. The van der Waals surface area contributed by atoms with E-state index in [0.717, 1.165) is 27.7 Å². The van der Waals surface area contributed by atoms with Crippen LogP contribution in [-0.4, -0.2) is 139 Å². The smallest absolute Gasteiger partial charge is 0.300 e. The van der Waals surface area contributed by atoms with Gasteiger partial charge in [0.05, 0.1) is 0 Å². The Morgan fingerprint density at radius 3 is 0.308 bits per heavy atom. The number of rotatable bonds is 0. The van der Waals surface area contributed by atoms with E-state index >= 15 is 0 Å². The predicted molar refractivity (Wildman–Crippen MR) is 229 cm³/mol. The Morgan fingerprint density at radius 1 is 0.308 bits per heavy atom. The van der Waals surface area contributed by atoms with Crippen LogP contribution in [-0.2, 0) is 33.6 Å². The maximum atomic E-state index is 9.44. The maximum Gasteiger partial charge on any atom is 0.300 e. The predicted octanol–water partition coefficient (Wildman–Crippen LogP) is 3.54. The normalized spacial score (nSPS) is 5.38. The van der Waals surface area contributed by atoms with Gasteiger partial charge in [0, 0.05) is 27.7 Å². The van der Waals surface area contributed by atoms with E-state index in [4.69, 9.17) is 39.6 Å². The van der Waals surface area contributed by atoms with Gasteiger partial charge in [0.25, 0.3) is 23.9 Å².